The Morgan fingerprint density at radius 1 is 1.36 bits per heavy atom. The maximum atomic E-state index is 11.7. The molecule has 0 aromatic heterocycles. The van der Waals surface area contributed by atoms with E-state index in [0.29, 0.717) is 12.6 Å². The largest absolute Gasteiger partial charge is 0.314 e. The van der Waals surface area contributed by atoms with Crippen LogP contribution in [0.4, 0.5) is 8.78 Å². The van der Waals surface area contributed by atoms with Gasteiger partial charge in [0, 0.05) is 6.04 Å². The van der Waals surface area contributed by atoms with Crippen molar-refractivity contribution in [2.24, 2.45) is 0 Å². The summed E-state index contributed by atoms with van der Waals surface area (Å²) in [6.45, 7) is 1.66. The molecule has 0 aromatic carbocycles. The molecule has 0 saturated carbocycles. The molecule has 0 amide bonds. The first-order chi connectivity index (χ1) is 6.79. The van der Waals surface area contributed by atoms with Gasteiger partial charge >= 0.3 is 0 Å². The van der Waals surface area contributed by atoms with E-state index in [-0.39, 0.29) is 6.54 Å². The summed E-state index contributed by atoms with van der Waals surface area (Å²) >= 11 is 0. The van der Waals surface area contributed by atoms with Crippen molar-refractivity contribution in [2.75, 3.05) is 19.6 Å². The maximum Gasteiger partial charge on any atom is 0.250 e. The molecule has 1 aliphatic rings. The molecule has 1 unspecified atom stereocenters. The van der Waals surface area contributed by atoms with E-state index in [1.54, 1.807) is 0 Å². The molecule has 0 bridgehead atoms. The van der Waals surface area contributed by atoms with Gasteiger partial charge in [-0.2, -0.15) is 0 Å². The van der Waals surface area contributed by atoms with E-state index in [9.17, 15) is 8.78 Å². The topological polar surface area (TPSA) is 24.1 Å². The van der Waals surface area contributed by atoms with Crippen LogP contribution < -0.4 is 10.6 Å². The highest BCUT2D eigenvalue weighted by Gasteiger charge is 2.11. The molecule has 14 heavy (non-hydrogen) atoms. The van der Waals surface area contributed by atoms with Crippen molar-refractivity contribution in [3.05, 3.63) is 0 Å². The molecule has 1 heterocycles. The third-order valence-corrected chi connectivity index (χ3v) is 2.62. The van der Waals surface area contributed by atoms with E-state index >= 15 is 0 Å². The molecule has 1 aliphatic heterocycles. The summed E-state index contributed by atoms with van der Waals surface area (Å²) in [5.41, 5.74) is 0. The van der Waals surface area contributed by atoms with Gasteiger partial charge in [0.1, 0.15) is 0 Å². The number of halogens is 2. The lowest BCUT2D eigenvalue weighted by Crippen LogP contribution is -2.34. The van der Waals surface area contributed by atoms with E-state index in [1.165, 1.54) is 19.3 Å². The Labute approximate surface area is 84.4 Å². The second-order valence-electron chi connectivity index (χ2n) is 3.88. The van der Waals surface area contributed by atoms with Crippen molar-refractivity contribution >= 4 is 0 Å². The molecule has 1 fully saturated rings. The average Bonchev–Trinajstić information content (AvgIpc) is 2.18. The first kappa shape index (κ1) is 11.9. The van der Waals surface area contributed by atoms with Crippen molar-refractivity contribution in [1.29, 1.82) is 0 Å². The Morgan fingerprint density at radius 3 is 2.86 bits per heavy atom. The van der Waals surface area contributed by atoms with Crippen LogP contribution in [-0.4, -0.2) is 32.1 Å². The minimum Gasteiger partial charge on any atom is -0.314 e. The lowest BCUT2D eigenvalue weighted by atomic mass is 10.0. The lowest BCUT2D eigenvalue weighted by molar-refractivity contribution is 0.146. The number of hydrogen-bond acceptors (Lipinski definition) is 2. The summed E-state index contributed by atoms with van der Waals surface area (Å²) in [6, 6.07) is 0.622. The third kappa shape index (κ3) is 5.50. The summed E-state index contributed by atoms with van der Waals surface area (Å²) in [6.07, 6.45) is 3.71. The summed E-state index contributed by atoms with van der Waals surface area (Å²) in [5, 5.41) is 6.19. The van der Waals surface area contributed by atoms with Crippen LogP contribution in [0.25, 0.3) is 0 Å². The summed E-state index contributed by atoms with van der Waals surface area (Å²) in [5.74, 6) is 0. The zero-order valence-electron chi connectivity index (χ0n) is 8.57. The van der Waals surface area contributed by atoms with Gasteiger partial charge < -0.3 is 10.6 Å². The molecule has 1 atom stereocenters. The molecule has 2 nitrogen and oxygen atoms in total. The van der Waals surface area contributed by atoms with Crippen LogP contribution in [0.15, 0.2) is 0 Å². The van der Waals surface area contributed by atoms with Gasteiger partial charge in [-0.25, -0.2) is 8.78 Å². The highest BCUT2D eigenvalue weighted by atomic mass is 19.3. The van der Waals surface area contributed by atoms with E-state index in [0.717, 1.165) is 19.4 Å². The van der Waals surface area contributed by atoms with Crippen LogP contribution in [-0.2, 0) is 0 Å². The highest BCUT2D eigenvalue weighted by Crippen LogP contribution is 2.11. The van der Waals surface area contributed by atoms with Gasteiger partial charge in [0.2, 0.25) is 0 Å². The van der Waals surface area contributed by atoms with Gasteiger partial charge in [-0.1, -0.05) is 6.42 Å². The van der Waals surface area contributed by atoms with Crippen LogP contribution in [0, 0.1) is 0 Å². The van der Waals surface area contributed by atoms with Crippen molar-refractivity contribution in [2.45, 2.75) is 44.6 Å². The summed E-state index contributed by atoms with van der Waals surface area (Å²) < 4.78 is 23.5. The molecule has 84 valence electrons. The Kier molecular flexibility index (Phi) is 6.03. The number of alkyl halides is 2. The quantitative estimate of drug-likeness (QED) is 0.647. The molecule has 2 N–H and O–H groups in total. The SMILES string of the molecule is FC(F)CNCCCC1CCCCN1. The lowest BCUT2D eigenvalue weighted by Gasteiger charge is -2.23. The molecule has 0 radical (unpaired) electrons. The minimum absolute atomic E-state index is 0.169. The predicted molar refractivity (Wildman–Crippen MR) is 53.7 cm³/mol. The maximum absolute atomic E-state index is 11.7. The highest BCUT2D eigenvalue weighted by molar-refractivity contribution is 4.72. The molecular formula is C10H20F2N2. The Bertz CT molecular complexity index is 136. The monoisotopic (exact) mass is 206 g/mol. The fourth-order valence-electron chi connectivity index (χ4n) is 1.86. The average molecular weight is 206 g/mol. The van der Waals surface area contributed by atoms with E-state index < -0.39 is 6.43 Å². The first-order valence-electron chi connectivity index (χ1n) is 5.51. The molecule has 4 heteroatoms. The van der Waals surface area contributed by atoms with E-state index in [1.807, 2.05) is 0 Å². The van der Waals surface area contributed by atoms with Crippen LogP contribution in [0.3, 0.4) is 0 Å². The Hall–Kier alpha value is -0.220. The molecule has 0 aliphatic carbocycles. The first-order valence-corrected chi connectivity index (χ1v) is 5.51. The third-order valence-electron chi connectivity index (χ3n) is 2.62. The van der Waals surface area contributed by atoms with E-state index in [4.69, 9.17) is 0 Å². The van der Waals surface area contributed by atoms with Gasteiger partial charge in [0.25, 0.3) is 6.43 Å². The Morgan fingerprint density at radius 2 is 2.21 bits per heavy atom. The fraction of sp³-hybridized carbons (Fsp3) is 1.00. The van der Waals surface area contributed by atoms with Crippen LogP contribution in [0.1, 0.15) is 32.1 Å². The molecule has 1 rings (SSSR count). The van der Waals surface area contributed by atoms with Gasteiger partial charge in [-0.05, 0) is 38.8 Å². The van der Waals surface area contributed by atoms with Crippen LogP contribution >= 0.6 is 0 Å². The molecular weight excluding hydrogens is 186 g/mol. The van der Waals surface area contributed by atoms with Gasteiger partial charge in [-0.3, -0.25) is 0 Å². The fourth-order valence-corrected chi connectivity index (χ4v) is 1.86. The zero-order chi connectivity index (χ0) is 10.2. The standard InChI is InChI=1S/C10H20F2N2/c11-10(12)8-13-6-3-5-9-4-1-2-7-14-9/h9-10,13-14H,1-8H2. The number of hydrogen-bond donors (Lipinski definition) is 2. The van der Waals surface area contributed by atoms with Gasteiger partial charge in [0.05, 0.1) is 6.54 Å². The smallest absolute Gasteiger partial charge is 0.250 e. The van der Waals surface area contributed by atoms with Crippen molar-refractivity contribution in [1.82, 2.24) is 10.6 Å². The molecule has 0 spiro atoms. The van der Waals surface area contributed by atoms with Crippen LogP contribution in [0.5, 0.6) is 0 Å². The van der Waals surface area contributed by atoms with Gasteiger partial charge in [0.15, 0.2) is 0 Å². The number of rotatable bonds is 6. The second-order valence-corrected chi connectivity index (χ2v) is 3.88. The van der Waals surface area contributed by atoms with Crippen molar-refractivity contribution in [3.8, 4) is 0 Å². The van der Waals surface area contributed by atoms with Crippen molar-refractivity contribution < 1.29 is 8.78 Å². The minimum atomic E-state index is -2.22. The van der Waals surface area contributed by atoms with Crippen molar-refractivity contribution in [3.63, 3.8) is 0 Å². The Balaban J connectivity index is 1.87. The number of piperidine rings is 1. The summed E-state index contributed by atoms with van der Waals surface area (Å²) in [4.78, 5) is 0. The van der Waals surface area contributed by atoms with Gasteiger partial charge in [-0.15, -0.1) is 0 Å². The number of nitrogens with one attached hydrogen (secondary N) is 2. The molecule has 0 aromatic rings. The predicted octanol–water partition coefficient (Wildman–Crippen LogP) is 1.76. The second kappa shape index (κ2) is 7.12. The van der Waals surface area contributed by atoms with E-state index in [2.05, 4.69) is 10.6 Å². The zero-order valence-corrected chi connectivity index (χ0v) is 8.57. The van der Waals surface area contributed by atoms with Crippen LogP contribution in [0.2, 0.25) is 0 Å². The molecule has 1 saturated heterocycles. The normalized spacial score (nSPS) is 22.9. The summed E-state index contributed by atoms with van der Waals surface area (Å²) in [7, 11) is 0.